The molecule has 0 aliphatic carbocycles. The summed E-state index contributed by atoms with van der Waals surface area (Å²) in [7, 11) is 3.10. The Morgan fingerprint density at radius 2 is 1.73 bits per heavy atom. The van der Waals surface area contributed by atoms with Crippen LogP contribution in [0.3, 0.4) is 0 Å². The van der Waals surface area contributed by atoms with E-state index in [1.165, 1.54) is 18.9 Å². The molecule has 0 bridgehead atoms. The average molecular weight is 468 g/mol. The third-order valence-electron chi connectivity index (χ3n) is 4.89. The van der Waals surface area contributed by atoms with Crippen molar-refractivity contribution < 1.29 is 19.1 Å². The van der Waals surface area contributed by atoms with Crippen molar-refractivity contribution in [3.8, 4) is 0 Å². The van der Waals surface area contributed by atoms with Crippen LogP contribution in [0.2, 0.25) is 0 Å². The molecule has 3 rings (SSSR count). The van der Waals surface area contributed by atoms with Gasteiger partial charge in [0.05, 0.1) is 24.1 Å². The molecule has 0 saturated carbocycles. The number of carbonyl (C=O) groups is 3. The number of nitrogens with zero attached hydrogens (tertiary/aromatic N) is 3. The van der Waals surface area contributed by atoms with Gasteiger partial charge in [0.2, 0.25) is 5.91 Å². The zero-order chi connectivity index (χ0) is 23.8. The Hall–Kier alpha value is -3.66. The minimum absolute atomic E-state index is 0.0888. The maximum absolute atomic E-state index is 12.4. The van der Waals surface area contributed by atoms with Crippen molar-refractivity contribution in [2.45, 2.75) is 18.5 Å². The van der Waals surface area contributed by atoms with E-state index in [9.17, 15) is 14.4 Å². The number of nitrogens with one attached hydrogen (secondary N) is 2. The molecule has 0 radical (unpaired) electrons. The third-order valence-corrected chi connectivity index (χ3v) is 5.91. The summed E-state index contributed by atoms with van der Waals surface area (Å²) in [6, 6.07) is 14.0. The van der Waals surface area contributed by atoms with Crippen LogP contribution in [0.5, 0.6) is 0 Å². The van der Waals surface area contributed by atoms with Gasteiger partial charge in [-0.15, -0.1) is 10.2 Å². The molecular formula is C23H25N5O4S. The predicted molar refractivity (Wildman–Crippen MR) is 125 cm³/mol. The average Bonchev–Trinajstić information content (AvgIpc) is 3.17. The molecule has 0 aliphatic rings. The van der Waals surface area contributed by atoms with Crippen LogP contribution in [-0.2, 0) is 23.0 Å². The number of aryl methyl sites for hydroxylation is 1. The van der Waals surface area contributed by atoms with Crippen molar-refractivity contribution in [3.63, 3.8) is 0 Å². The fraction of sp³-hybridized carbons (Fsp3) is 0.261. The highest BCUT2D eigenvalue weighted by molar-refractivity contribution is 7.99. The number of thioether (sulfide) groups is 1. The quantitative estimate of drug-likeness (QED) is 0.367. The Kier molecular flexibility index (Phi) is 8.20. The van der Waals surface area contributed by atoms with Crippen LogP contribution < -0.4 is 10.6 Å². The first-order valence-corrected chi connectivity index (χ1v) is 11.2. The van der Waals surface area contributed by atoms with Gasteiger partial charge in [-0.25, -0.2) is 4.79 Å². The number of hydrogen-bond acceptors (Lipinski definition) is 7. The van der Waals surface area contributed by atoms with Gasteiger partial charge in [0.25, 0.3) is 5.91 Å². The molecule has 10 heteroatoms. The van der Waals surface area contributed by atoms with Crippen molar-refractivity contribution in [3.05, 3.63) is 71.0 Å². The summed E-state index contributed by atoms with van der Waals surface area (Å²) in [5.41, 5.74) is 2.23. The van der Waals surface area contributed by atoms with E-state index < -0.39 is 5.97 Å². The van der Waals surface area contributed by atoms with Crippen molar-refractivity contribution >= 4 is 35.2 Å². The van der Waals surface area contributed by atoms with Crippen molar-refractivity contribution in [2.24, 2.45) is 7.05 Å². The number of amides is 2. The molecule has 172 valence electrons. The molecule has 3 aromatic rings. The molecule has 0 saturated heterocycles. The fourth-order valence-electron chi connectivity index (χ4n) is 3.10. The van der Waals surface area contributed by atoms with Crippen LogP contribution in [0, 0.1) is 6.92 Å². The van der Waals surface area contributed by atoms with E-state index in [0.717, 1.165) is 5.56 Å². The Morgan fingerprint density at radius 1 is 1.03 bits per heavy atom. The molecule has 2 N–H and O–H groups in total. The second kappa shape index (κ2) is 11.3. The van der Waals surface area contributed by atoms with E-state index in [4.69, 9.17) is 4.74 Å². The van der Waals surface area contributed by atoms with Gasteiger partial charge in [-0.05, 0) is 30.7 Å². The molecule has 1 aromatic heterocycles. The molecule has 1 heterocycles. The predicted octanol–water partition coefficient (Wildman–Crippen LogP) is 2.61. The maximum atomic E-state index is 12.4. The second-order valence-corrected chi connectivity index (χ2v) is 8.10. The lowest BCUT2D eigenvalue weighted by molar-refractivity contribution is -0.113. The number of methoxy groups -OCH3 is 1. The summed E-state index contributed by atoms with van der Waals surface area (Å²) in [5.74, 6) is -0.156. The summed E-state index contributed by atoms with van der Waals surface area (Å²) in [4.78, 5) is 36.6. The number of hydrogen-bond donors (Lipinski definition) is 2. The fourth-order valence-corrected chi connectivity index (χ4v) is 3.83. The zero-order valence-electron chi connectivity index (χ0n) is 18.6. The van der Waals surface area contributed by atoms with E-state index in [1.54, 1.807) is 34.9 Å². The minimum Gasteiger partial charge on any atom is -0.465 e. The molecular weight excluding hydrogens is 442 g/mol. The van der Waals surface area contributed by atoms with E-state index in [-0.39, 0.29) is 23.1 Å². The van der Waals surface area contributed by atoms with E-state index >= 15 is 0 Å². The third kappa shape index (κ3) is 6.19. The largest absolute Gasteiger partial charge is 0.465 e. The lowest BCUT2D eigenvalue weighted by atomic mass is 10.1. The van der Waals surface area contributed by atoms with Gasteiger partial charge in [0.15, 0.2) is 5.16 Å². The lowest BCUT2D eigenvalue weighted by Crippen LogP contribution is -2.27. The molecule has 0 spiro atoms. The van der Waals surface area contributed by atoms with Gasteiger partial charge < -0.3 is 19.9 Å². The van der Waals surface area contributed by atoms with Gasteiger partial charge in [-0.3, -0.25) is 9.59 Å². The number of rotatable bonds is 9. The van der Waals surface area contributed by atoms with Crippen LogP contribution in [0.1, 0.15) is 32.1 Å². The summed E-state index contributed by atoms with van der Waals surface area (Å²) >= 11 is 1.23. The molecule has 2 amide bonds. The number of para-hydroxylation sites is 1. The molecule has 0 aliphatic heterocycles. The van der Waals surface area contributed by atoms with Gasteiger partial charge in [0.1, 0.15) is 5.82 Å². The number of ether oxygens (including phenoxy) is 1. The van der Waals surface area contributed by atoms with Crippen LogP contribution in [0.4, 0.5) is 5.69 Å². The Labute approximate surface area is 195 Å². The first kappa shape index (κ1) is 24.0. The van der Waals surface area contributed by atoms with Crippen molar-refractivity contribution in [2.75, 3.05) is 24.7 Å². The van der Waals surface area contributed by atoms with E-state index in [1.807, 2.05) is 32.2 Å². The summed E-state index contributed by atoms with van der Waals surface area (Å²) in [6.45, 7) is 2.31. The van der Waals surface area contributed by atoms with Gasteiger partial charge in [-0.1, -0.05) is 42.1 Å². The monoisotopic (exact) mass is 467 g/mol. The highest BCUT2D eigenvalue weighted by atomic mass is 32.2. The van der Waals surface area contributed by atoms with Crippen LogP contribution in [-0.4, -0.2) is 52.0 Å². The smallest absolute Gasteiger partial charge is 0.339 e. The normalized spacial score (nSPS) is 10.5. The Bertz CT molecular complexity index is 1160. The highest BCUT2D eigenvalue weighted by Crippen LogP contribution is 2.19. The SMILES string of the molecule is COC(=O)c1ccccc1NC(=O)CSc1nnc(CCNC(=O)c2ccccc2C)n1C. The molecule has 2 aromatic carbocycles. The summed E-state index contributed by atoms with van der Waals surface area (Å²) in [6.07, 6.45) is 0.500. The number of anilines is 1. The first-order valence-electron chi connectivity index (χ1n) is 10.2. The van der Waals surface area contributed by atoms with Crippen molar-refractivity contribution in [1.82, 2.24) is 20.1 Å². The Morgan fingerprint density at radius 3 is 2.45 bits per heavy atom. The van der Waals surface area contributed by atoms with Crippen LogP contribution in [0.15, 0.2) is 53.7 Å². The number of carbonyl (C=O) groups excluding carboxylic acids is 3. The maximum Gasteiger partial charge on any atom is 0.339 e. The van der Waals surface area contributed by atoms with Gasteiger partial charge in [-0.2, -0.15) is 0 Å². The van der Waals surface area contributed by atoms with Gasteiger partial charge >= 0.3 is 5.97 Å². The Balaban J connectivity index is 1.51. The first-order chi connectivity index (χ1) is 15.9. The zero-order valence-corrected chi connectivity index (χ0v) is 19.4. The van der Waals surface area contributed by atoms with Crippen LogP contribution >= 0.6 is 11.8 Å². The molecule has 33 heavy (non-hydrogen) atoms. The number of esters is 1. The molecule has 0 unspecified atom stereocenters. The van der Waals surface area contributed by atoms with E-state index in [0.29, 0.717) is 35.2 Å². The summed E-state index contributed by atoms with van der Waals surface area (Å²) < 4.78 is 6.53. The van der Waals surface area contributed by atoms with E-state index in [2.05, 4.69) is 20.8 Å². The second-order valence-electron chi connectivity index (χ2n) is 7.15. The molecule has 0 atom stereocenters. The summed E-state index contributed by atoms with van der Waals surface area (Å²) in [5, 5.41) is 14.5. The standard InChI is InChI=1S/C23H25N5O4S/c1-15-8-4-5-9-16(15)21(30)24-13-12-19-26-27-23(28(19)2)33-14-20(29)25-18-11-7-6-10-17(18)22(31)32-3/h4-11H,12-14H2,1-3H3,(H,24,30)(H,25,29). The minimum atomic E-state index is -0.522. The molecule has 0 fully saturated rings. The van der Waals surface area contributed by atoms with Crippen LogP contribution in [0.25, 0.3) is 0 Å². The van der Waals surface area contributed by atoms with Crippen molar-refractivity contribution in [1.29, 1.82) is 0 Å². The number of aromatic nitrogens is 3. The van der Waals surface area contributed by atoms with Gasteiger partial charge in [0, 0.05) is 25.6 Å². The topological polar surface area (TPSA) is 115 Å². The molecule has 9 nitrogen and oxygen atoms in total. The lowest BCUT2D eigenvalue weighted by Gasteiger charge is -2.09. The highest BCUT2D eigenvalue weighted by Gasteiger charge is 2.16. The number of benzene rings is 2.